The lowest BCUT2D eigenvalue weighted by Gasteiger charge is -2.15. The van der Waals surface area contributed by atoms with E-state index in [2.05, 4.69) is 20.8 Å². The second-order valence-corrected chi connectivity index (χ2v) is 6.21. The number of nitrogens with zero attached hydrogens (tertiary/aromatic N) is 1. The van der Waals surface area contributed by atoms with Crippen LogP contribution in [0.25, 0.3) is 11.1 Å². The monoisotopic (exact) mass is 354 g/mol. The number of halogens is 2. The Balaban J connectivity index is 1.43. The van der Waals surface area contributed by atoms with Gasteiger partial charge in [0.1, 0.15) is 11.6 Å². The molecule has 1 aliphatic rings. The molecule has 0 aliphatic heterocycles. The van der Waals surface area contributed by atoms with Gasteiger partial charge in [-0.3, -0.25) is 5.10 Å². The molecular formula is C19H16F2N4O. The van der Waals surface area contributed by atoms with E-state index in [9.17, 15) is 13.6 Å². The van der Waals surface area contributed by atoms with Crippen LogP contribution in [-0.4, -0.2) is 16.2 Å². The lowest BCUT2D eigenvalue weighted by atomic mass is 10.1. The zero-order valence-corrected chi connectivity index (χ0v) is 13.7. The number of hydrogen-bond acceptors (Lipinski definition) is 2. The molecular weight excluding hydrogens is 338 g/mol. The summed E-state index contributed by atoms with van der Waals surface area (Å²) in [6.45, 7) is 0. The van der Waals surface area contributed by atoms with Crippen LogP contribution in [0.3, 0.4) is 0 Å². The van der Waals surface area contributed by atoms with Gasteiger partial charge in [-0.05, 0) is 47.7 Å². The molecule has 1 aliphatic carbocycles. The highest BCUT2D eigenvalue weighted by Gasteiger charge is 2.27. The average Bonchev–Trinajstić information content (AvgIpc) is 3.26. The third kappa shape index (κ3) is 3.15. The third-order valence-corrected chi connectivity index (χ3v) is 4.53. The number of aromatic nitrogens is 2. The van der Waals surface area contributed by atoms with Crippen molar-refractivity contribution < 1.29 is 13.6 Å². The Kier molecular flexibility index (Phi) is 4.12. The Labute approximate surface area is 148 Å². The van der Waals surface area contributed by atoms with Crippen LogP contribution in [0.2, 0.25) is 0 Å². The van der Waals surface area contributed by atoms with Crippen LogP contribution in [0.5, 0.6) is 0 Å². The fourth-order valence-corrected chi connectivity index (χ4v) is 3.27. The number of rotatable bonds is 3. The standard InChI is InChI=1S/C19H16F2N4O/c20-13-7-16-15(17(21)8-13)5-6-18(16)25-19(26)24-14-3-1-11(2-4-14)12-9-22-23-10-12/h1-4,7-10,18H,5-6H2,(H,22,23)(H2,24,25,26). The summed E-state index contributed by atoms with van der Waals surface area (Å²) in [4.78, 5) is 12.2. The predicted molar refractivity (Wildman–Crippen MR) is 93.6 cm³/mol. The van der Waals surface area contributed by atoms with E-state index in [4.69, 9.17) is 0 Å². The zero-order chi connectivity index (χ0) is 18.1. The van der Waals surface area contributed by atoms with Crippen molar-refractivity contribution in [3.05, 3.63) is 71.6 Å². The van der Waals surface area contributed by atoms with Crippen LogP contribution in [0.1, 0.15) is 23.6 Å². The number of anilines is 1. The quantitative estimate of drug-likeness (QED) is 0.661. The Morgan fingerprint density at radius 2 is 1.96 bits per heavy atom. The Morgan fingerprint density at radius 1 is 1.15 bits per heavy atom. The summed E-state index contributed by atoms with van der Waals surface area (Å²) in [5, 5.41) is 12.2. The molecule has 0 radical (unpaired) electrons. The summed E-state index contributed by atoms with van der Waals surface area (Å²) in [5.74, 6) is -1.19. The third-order valence-electron chi connectivity index (χ3n) is 4.53. The predicted octanol–water partition coefficient (Wildman–Crippen LogP) is 4.16. The molecule has 5 nitrogen and oxygen atoms in total. The molecule has 2 aromatic carbocycles. The maximum Gasteiger partial charge on any atom is 0.319 e. The van der Waals surface area contributed by atoms with Gasteiger partial charge in [-0.2, -0.15) is 5.10 Å². The summed E-state index contributed by atoms with van der Waals surface area (Å²) in [5.41, 5.74) is 3.53. The zero-order valence-electron chi connectivity index (χ0n) is 13.7. The van der Waals surface area contributed by atoms with Crippen molar-refractivity contribution in [1.82, 2.24) is 15.5 Å². The number of benzene rings is 2. The molecule has 1 aromatic heterocycles. The van der Waals surface area contributed by atoms with E-state index in [0.29, 0.717) is 29.7 Å². The van der Waals surface area contributed by atoms with Crippen molar-refractivity contribution in [2.24, 2.45) is 0 Å². The smallest absolute Gasteiger partial charge is 0.319 e. The minimum Gasteiger partial charge on any atom is -0.331 e. The number of hydrogen-bond donors (Lipinski definition) is 3. The van der Waals surface area contributed by atoms with Crippen molar-refractivity contribution in [1.29, 1.82) is 0 Å². The van der Waals surface area contributed by atoms with E-state index in [1.165, 1.54) is 6.07 Å². The first kappa shape index (κ1) is 16.3. The summed E-state index contributed by atoms with van der Waals surface area (Å²) in [6.07, 6.45) is 4.52. The summed E-state index contributed by atoms with van der Waals surface area (Å²) in [7, 11) is 0. The van der Waals surface area contributed by atoms with Gasteiger partial charge in [-0.1, -0.05) is 12.1 Å². The molecule has 1 unspecified atom stereocenters. The minimum atomic E-state index is -0.634. The van der Waals surface area contributed by atoms with E-state index in [0.717, 1.165) is 17.2 Å². The Hall–Kier alpha value is -3.22. The number of aromatic amines is 1. The van der Waals surface area contributed by atoms with Crippen LogP contribution in [0, 0.1) is 11.6 Å². The number of carbonyl (C=O) groups is 1. The normalized spacial score (nSPS) is 15.5. The number of carbonyl (C=O) groups excluding carboxylic acids is 1. The molecule has 132 valence electrons. The molecule has 0 spiro atoms. The van der Waals surface area contributed by atoms with Crippen molar-refractivity contribution in [3.8, 4) is 11.1 Å². The van der Waals surface area contributed by atoms with E-state index in [-0.39, 0.29) is 0 Å². The number of nitrogens with one attached hydrogen (secondary N) is 3. The number of urea groups is 1. The lowest BCUT2D eigenvalue weighted by Crippen LogP contribution is -2.31. The molecule has 2 amide bonds. The van der Waals surface area contributed by atoms with Crippen LogP contribution in [0.15, 0.2) is 48.8 Å². The highest BCUT2D eigenvalue weighted by molar-refractivity contribution is 5.90. The number of amides is 2. The molecule has 1 atom stereocenters. The molecule has 4 rings (SSSR count). The first-order chi connectivity index (χ1) is 12.6. The average molecular weight is 354 g/mol. The van der Waals surface area contributed by atoms with E-state index >= 15 is 0 Å². The molecule has 1 heterocycles. The molecule has 0 saturated carbocycles. The fourth-order valence-electron chi connectivity index (χ4n) is 3.27. The van der Waals surface area contributed by atoms with Crippen molar-refractivity contribution in [3.63, 3.8) is 0 Å². The van der Waals surface area contributed by atoms with Gasteiger partial charge in [0.25, 0.3) is 0 Å². The molecule has 0 saturated heterocycles. The second-order valence-electron chi connectivity index (χ2n) is 6.21. The van der Waals surface area contributed by atoms with Crippen LogP contribution in [-0.2, 0) is 6.42 Å². The summed E-state index contributed by atoms with van der Waals surface area (Å²) < 4.78 is 27.2. The molecule has 0 bridgehead atoms. The van der Waals surface area contributed by atoms with Crippen molar-refractivity contribution in [2.45, 2.75) is 18.9 Å². The molecule has 3 aromatic rings. The number of fused-ring (bicyclic) bond motifs is 1. The SMILES string of the molecule is O=C(Nc1ccc(-c2cn[nH]c2)cc1)NC1CCc2c(F)cc(F)cc21. The first-order valence-corrected chi connectivity index (χ1v) is 8.25. The van der Waals surface area contributed by atoms with Gasteiger partial charge < -0.3 is 10.6 Å². The van der Waals surface area contributed by atoms with Crippen LogP contribution in [0.4, 0.5) is 19.3 Å². The fraction of sp³-hybridized carbons (Fsp3) is 0.158. The Bertz CT molecular complexity index is 939. The molecule has 7 heteroatoms. The van der Waals surface area contributed by atoms with Gasteiger partial charge in [0.15, 0.2) is 0 Å². The van der Waals surface area contributed by atoms with Gasteiger partial charge >= 0.3 is 6.03 Å². The minimum absolute atomic E-state index is 0.402. The Morgan fingerprint density at radius 3 is 2.69 bits per heavy atom. The van der Waals surface area contributed by atoms with Crippen molar-refractivity contribution in [2.75, 3.05) is 5.32 Å². The second kappa shape index (κ2) is 6.59. The van der Waals surface area contributed by atoms with E-state index in [1.807, 2.05) is 12.1 Å². The molecule has 26 heavy (non-hydrogen) atoms. The largest absolute Gasteiger partial charge is 0.331 e. The van der Waals surface area contributed by atoms with Crippen LogP contribution < -0.4 is 10.6 Å². The summed E-state index contributed by atoms with van der Waals surface area (Å²) in [6, 6.07) is 8.66. The molecule has 0 fully saturated rings. The van der Waals surface area contributed by atoms with Gasteiger partial charge in [0.2, 0.25) is 0 Å². The van der Waals surface area contributed by atoms with Gasteiger partial charge in [-0.25, -0.2) is 13.6 Å². The maximum atomic E-state index is 13.8. The van der Waals surface area contributed by atoms with Gasteiger partial charge in [0.05, 0.1) is 12.2 Å². The van der Waals surface area contributed by atoms with E-state index in [1.54, 1.807) is 24.5 Å². The maximum absolute atomic E-state index is 13.8. The van der Waals surface area contributed by atoms with Gasteiger partial charge in [0, 0.05) is 23.5 Å². The molecule has 3 N–H and O–H groups in total. The topological polar surface area (TPSA) is 69.8 Å². The van der Waals surface area contributed by atoms with Crippen molar-refractivity contribution >= 4 is 11.7 Å². The van der Waals surface area contributed by atoms with Crippen LogP contribution >= 0.6 is 0 Å². The van der Waals surface area contributed by atoms with E-state index < -0.39 is 23.7 Å². The summed E-state index contributed by atoms with van der Waals surface area (Å²) >= 11 is 0. The lowest BCUT2D eigenvalue weighted by molar-refractivity contribution is 0.248. The first-order valence-electron chi connectivity index (χ1n) is 8.25. The highest BCUT2D eigenvalue weighted by atomic mass is 19.1. The van der Waals surface area contributed by atoms with Gasteiger partial charge in [-0.15, -0.1) is 0 Å². The highest BCUT2D eigenvalue weighted by Crippen LogP contribution is 2.33. The number of H-pyrrole nitrogens is 1.